The number of benzene rings is 2. The van der Waals surface area contributed by atoms with Crippen LogP contribution in [0.15, 0.2) is 36.4 Å². The summed E-state index contributed by atoms with van der Waals surface area (Å²) < 4.78 is 0. The minimum absolute atomic E-state index is 0.0709. The molecule has 3 nitrogen and oxygen atoms in total. The number of hydrogen-bond acceptors (Lipinski definition) is 2. The number of carbonyl (C=O) groups is 1. The molecular formula is C27H29Cl3N2O. The lowest BCUT2D eigenvalue weighted by Gasteiger charge is -2.24. The van der Waals surface area contributed by atoms with Crippen molar-refractivity contribution in [3.63, 3.8) is 0 Å². The van der Waals surface area contributed by atoms with Crippen molar-refractivity contribution in [2.45, 2.75) is 58.3 Å². The predicted molar refractivity (Wildman–Crippen MR) is 135 cm³/mol. The molecule has 0 N–H and O–H groups in total. The molecule has 1 heterocycles. The van der Waals surface area contributed by atoms with Gasteiger partial charge in [-0.2, -0.15) is 5.26 Å². The van der Waals surface area contributed by atoms with E-state index in [1.807, 2.05) is 30.3 Å². The summed E-state index contributed by atoms with van der Waals surface area (Å²) in [5.41, 5.74) is 2.92. The quantitative estimate of drug-likeness (QED) is 0.374. The number of amides is 1. The third-order valence-electron chi connectivity index (χ3n) is 7.71. The second-order valence-corrected chi connectivity index (χ2v) is 11.0. The summed E-state index contributed by atoms with van der Waals surface area (Å²) in [7, 11) is 0. The molecule has 1 aliphatic carbocycles. The van der Waals surface area contributed by atoms with Crippen molar-refractivity contribution in [1.29, 1.82) is 5.26 Å². The topological polar surface area (TPSA) is 44.1 Å². The van der Waals surface area contributed by atoms with E-state index in [2.05, 4.69) is 17.9 Å². The van der Waals surface area contributed by atoms with Gasteiger partial charge in [0.05, 0.1) is 10.6 Å². The number of nitriles is 1. The van der Waals surface area contributed by atoms with Crippen molar-refractivity contribution in [3.05, 3.63) is 68.2 Å². The summed E-state index contributed by atoms with van der Waals surface area (Å²) in [4.78, 5) is 14.8. The third-order valence-corrected chi connectivity index (χ3v) is 8.63. The summed E-state index contributed by atoms with van der Waals surface area (Å²) in [6, 6.07) is 13.5. The molecule has 33 heavy (non-hydrogen) atoms. The Morgan fingerprint density at radius 3 is 2.70 bits per heavy atom. The Balaban J connectivity index is 1.55. The zero-order chi connectivity index (χ0) is 23.6. The number of rotatable bonds is 8. The summed E-state index contributed by atoms with van der Waals surface area (Å²) in [6.45, 7) is 3.80. The molecule has 174 valence electrons. The fourth-order valence-electron chi connectivity index (χ4n) is 5.68. The van der Waals surface area contributed by atoms with Crippen LogP contribution in [0.5, 0.6) is 0 Å². The van der Waals surface area contributed by atoms with Crippen LogP contribution in [0.4, 0.5) is 0 Å². The minimum atomic E-state index is 0.0709. The fraction of sp³-hybridized carbons (Fsp3) is 0.481. The second-order valence-electron chi connectivity index (χ2n) is 9.74. The van der Waals surface area contributed by atoms with Crippen LogP contribution in [0.25, 0.3) is 0 Å². The van der Waals surface area contributed by atoms with Gasteiger partial charge in [0, 0.05) is 29.6 Å². The number of nitrogens with zero attached hydrogens (tertiary/aromatic N) is 2. The summed E-state index contributed by atoms with van der Waals surface area (Å²) in [5, 5.41) is 11.1. The van der Waals surface area contributed by atoms with E-state index in [9.17, 15) is 4.79 Å². The maximum Gasteiger partial charge on any atom is 0.222 e. The molecule has 1 saturated carbocycles. The smallest absolute Gasteiger partial charge is 0.222 e. The molecule has 0 unspecified atom stereocenters. The van der Waals surface area contributed by atoms with Crippen LogP contribution < -0.4 is 0 Å². The zero-order valence-electron chi connectivity index (χ0n) is 19.0. The van der Waals surface area contributed by atoms with Crippen molar-refractivity contribution in [3.8, 4) is 6.07 Å². The Morgan fingerprint density at radius 1 is 1.15 bits per heavy atom. The summed E-state index contributed by atoms with van der Waals surface area (Å²) >= 11 is 19.1. The molecule has 2 aromatic carbocycles. The van der Waals surface area contributed by atoms with Crippen LogP contribution in [-0.2, 0) is 17.6 Å². The molecule has 2 aliphatic rings. The third kappa shape index (κ3) is 5.04. The lowest BCUT2D eigenvalue weighted by Crippen LogP contribution is -2.30. The van der Waals surface area contributed by atoms with E-state index in [1.165, 1.54) is 0 Å². The number of unbranched alkanes of at least 4 members (excludes halogenated alkanes) is 1. The van der Waals surface area contributed by atoms with Gasteiger partial charge in [0.15, 0.2) is 0 Å². The molecule has 4 rings (SSSR count). The Kier molecular flexibility index (Phi) is 7.29. The molecule has 0 bridgehead atoms. The molecule has 2 fully saturated rings. The molecule has 2 aromatic rings. The first kappa shape index (κ1) is 24.4. The highest BCUT2D eigenvalue weighted by molar-refractivity contribution is 6.33. The SMILES string of the molecule is CCCCC(=O)N1CC[C@@]2(C1)C[C@@]2(CCc1ccc(C#N)c(Cl)c1)Cc1cc(Cl)ccc1Cl. The minimum Gasteiger partial charge on any atom is -0.342 e. The number of carbonyl (C=O) groups excluding carboxylic acids is 1. The molecule has 1 aliphatic heterocycles. The molecule has 6 heteroatoms. The van der Waals surface area contributed by atoms with Crippen LogP contribution in [-0.4, -0.2) is 23.9 Å². The molecular weight excluding hydrogens is 475 g/mol. The highest BCUT2D eigenvalue weighted by atomic mass is 35.5. The standard InChI is InChI=1S/C27H29Cl3N2O/c1-2-3-4-25(33)32-12-11-27(18-32)17-26(27,15-21-14-22(28)7-8-23(21)29)10-9-19-5-6-20(16-31)24(30)13-19/h5-8,13-14H,2-4,9-12,15,17-18H2,1H3/t26-,27+/m1/s1. The van der Waals surface area contributed by atoms with Gasteiger partial charge in [0.25, 0.3) is 0 Å². The maximum atomic E-state index is 12.7. The van der Waals surface area contributed by atoms with Crippen molar-refractivity contribution < 1.29 is 4.79 Å². The normalized spacial score (nSPS) is 23.7. The average Bonchev–Trinajstić information content (AvgIpc) is 3.16. The van der Waals surface area contributed by atoms with Gasteiger partial charge in [-0.05, 0) is 90.8 Å². The van der Waals surface area contributed by atoms with Crippen molar-refractivity contribution >= 4 is 40.7 Å². The number of hydrogen-bond donors (Lipinski definition) is 0. The van der Waals surface area contributed by atoms with Crippen molar-refractivity contribution in [2.24, 2.45) is 10.8 Å². The van der Waals surface area contributed by atoms with E-state index in [0.29, 0.717) is 22.0 Å². The molecule has 1 spiro atoms. The van der Waals surface area contributed by atoms with Gasteiger partial charge in [-0.25, -0.2) is 0 Å². The lowest BCUT2D eigenvalue weighted by molar-refractivity contribution is -0.130. The monoisotopic (exact) mass is 502 g/mol. The lowest BCUT2D eigenvalue weighted by atomic mass is 9.81. The Morgan fingerprint density at radius 2 is 1.97 bits per heavy atom. The Labute approximate surface area is 211 Å². The van der Waals surface area contributed by atoms with Crippen LogP contribution in [0.3, 0.4) is 0 Å². The first-order valence-electron chi connectivity index (χ1n) is 11.7. The molecule has 0 aromatic heterocycles. The van der Waals surface area contributed by atoms with Gasteiger partial charge in [-0.3, -0.25) is 4.79 Å². The molecule has 2 atom stereocenters. The molecule has 0 radical (unpaired) electrons. The molecule has 1 amide bonds. The Bertz CT molecular complexity index is 1100. The van der Waals surface area contributed by atoms with Gasteiger partial charge in [0.2, 0.25) is 5.91 Å². The highest BCUT2D eigenvalue weighted by Crippen LogP contribution is 2.71. The summed E-state index contributed by atoms with van der Waals surface area (Å²) in [6.07, 6.45) is 7.46. The van der Waals surface area contributed by atoms with Crippen LogP contribution in [0, 0.1) is 22.2 Å². The average molecular weight is 504 g/mol. The van der Waals surface area contributed by atoms with E-state index in [0.717, 1.165) is 74.2 Å². The van der Waals surface area contributed by atoms with Gasteiger partial charge in [-0.15, -0.1) is 0 Å². The van der Waals surface area contributed by atoms with E-state index in [-0.39, 0.29) is 16.7 Å². The fourth-order valence-corrected chi connectivity index (χ4v) is 6.30. The number of aryl methyl sites for hydroxylation is 1. The van der Waals surface area contributed by atoms with Crippen LogP contribution in [0.1, 0.15) is 62.1 Å². The van der Waals surface area contributed by atoms with E-state index < -0.39 is 0 Å². The van der Waals surface area contributed by atoms with Crippen molar-refractivity contribution in [2.75, 3.05) is 13.1 Å². The zero-order valence-corrected chi connectivity index (χ0v) is 21.2. The first-order chi connectivity index (χ1) is 15.8. The summed E-state index contributed by atoms with van der Waals surface area (Å²) in [5.74, 6) is 0.286. The second kappa shape index (κ2) is 9.87. The number of likely N-dealkylation sites (tertiary alicyclic amines) is 1. The maximum absolute atomic E-state index is 12.7. The van der Waals surface area contributed by atoms with Gasteiger partial charge in [-0.1, -0.05) is 54.2 Å². The van der Waals surface area contributed by atoms with Crippen LogP contribution >= 0.6 is 34.8 Å². The van der Waals surface area contributed by atoms with Gasteiger partial charge < -0.3 is 4.90 Å². The van der Waals surface area contributed by atoms with Gasteiger partial charge >= 0.3 is 0 Å². The first-order valence-corrected chi connectivity index (χ1v) is 12.8. The van der Waals surface area contributed by atoms with Crippen molar-refractivity contribution in [1.82, 2.24) is 4.90 Å². The Hall–Kier alpha value is -1.73. The predicted octanol–water partition coefficient (Wildman–Crippen LogP) is 7.49. The highest BCUT2D eigenvalue weighted by Gasteiger charge is 2.68. The van der Waals surface area contributed by atoms with E-state index in [1.54, 1.807) is 6.07 Å². The van der Waals surface area contributed by atoms with E-state index >= 15 is 0 Å². The number of halogens is 3. The van der Waals surface area contributed by atoms with Gasteiger partial charge in [0.1, 0.15) is 6.07 Å². The van der Waals surface area contributed by atoms with Crippen LogP contribution in [0.2, 0.25) is 15.1 Å². The largest absolute Gasteiger partial charge is 0.342 e. The van der Waals surface area contributed by atoms with E-state index in [4.69, 9.17) is 40.1 Å². The molecule has 1 saturated heterocycles.